The molecule has 1 aliphatic carbocycles. The second-order valence-electron chi connectivity index (χ2n) is 5.70. The summed E-state index contributed by atoms with van der Waals surface area (Å²) < 4.78 is 32.8. The molecular weight excluding hydrogens is 286 g/mol. The van der Waals surface area contributed by atoms with E-state index in [1.54, 1.807) is 23.5 Å². The largest absolute Gasteiger partial charge is 0.492 e. The summed E-state index contributed by atoms with van der Waals surface area (Å²) in [6, 6.07) is 5.39. The zero-order valence-corrected chi connectivity index (χ0v) is 13.9. The van der Waals surface area contributed by atoms with Gasteiger partial charge in [-0.15, -0.1) is 0 Å². The minimum atomic E-state index is -3.50. The minimum Gasteiger partial charge on any atom is -0.492 e. The fourth-order valence-corrected chi connectivity index (χ4v) is 4.42. The van der Waals surface area contributed by atoms with Crippen LogP contribution in [0.3, 0.4) is 0 Å². The number of benzene rings is 1. The van der Waals surface area contributed by atoms with Gasteiger partial charge in [0.2, 0.25) is 10.0 Å². The summed E-state index contributed by atoms with van der Waals surface area (Å²) in [6.45, 7) is 4.26. The zero-order chi connectivity index (χ0) is 15.5. The molecule has 0 heterocycles. The first kappa shape index (κ1) is 16.3. The molecule has 1 aliphatic rings. The third-order valence-corrected chi connectivity index (χ3v) is 6.09. The van der Waals surface area contributed by atoms with Gasteiger partial charge in [-0.3, -0.25) is 0 Å². The molecule has 0 N–H and O–H groups in total. The van der Waals surface area contributed by atoms with Crippen molar-refractivity contribution in [2.75, 3.05) is 13.7 Å². The van der Waals surface area contributed by atoms with Gasteiger partial charge >= 0.3 is 0 Å². The Hall–Kier alpha value is -1.07. The maximum Gasteiger partial charge on any atom is 0.246 e. The van der Waals surface area contributed by atoms with Gasteiger partial charge in [-0.05, 0) is 44.4 Å². The summed E-state index contributed by atoms with van der Waals surface area (Å²) >= 11 is 0. The van der Waals surface area contributed by atoms with E-state index in [1.807, 2.05) is 19.9 Å². The minimum absolute atomic E-state index is 0.111. The van der Waals surface area contributed by atoms with Crippen molar-refractivity contribution in [2.24, 2.45) is 0 Å². The molecule has 0 atom stereocenters. The maximum atomic E-state index is 12.9. The lowest BCUT2D eigenvalue weighted by atomic mass is 9.96. The van der Waals surface area contributed by atoms with E-state index in [9.17, 15) is 8.42 Å². The molecular formula is C16H25NO3S. The van der Waals surface area contributed by atoms with Gasteiger partial charge < -0.3 is 4.74 Å². The van der Waals surface area contributed by atoms with Crippen molar-refractivity contribution in [3.63, 3.8) is 0 Å². The van der Waals surface area contributed by atoms with E-state index < -0.39 is 10.0 Å². The topological polar surface area (TPSA) is 46.6 Å². The van der Waals surface area contributed by atoms with Gasteiger partial charge in [0, 0.05) is 13.1 Å². The van der Waals surface area contributed by atoms with E-state index >= 15 is 0 Å². The number of ether oxygens (including phenoxy) is 1. The first-order chi connectivity index (χ1) is 9.96. The molecule has 0 spiro atoms. The quantitative estimate of drug-likeness (QED) is 0.838. The number of rotatable bonds is 5. The van der Waals surface area contributed by atoms with Crippen molar-refractivity contribution in [1.29, 1.82) is 0 Å². The van der Waals surface area contributed by atoms with Crippen LogP contribution in [0.5, 0.6) is 5.75 Å². The Morgan fingerprint density at radius 3 is 2.52 bits per heavy atom. The van der Waals surface area contributed by atoms with Crippen molar-refractivity contribution in [3.8, 4) is 5.75 Å². The van der Waals surface area contributed by atoms with Crippen LogP contribution < -0.4 is 4.74 Å². The highest BCUT2D eigenvalue weighted by Crippen LogP contribution is 2.31. The Kier molecular flexibility index (Phi) is 5.27. The highest BCUT2D eigenvalue weighted by molar-refractivity contribution is 7.89. The average molecular weight is 311 g/mol. The van der Waals surface area contributed by atoms with Gasteiger partial charge in [-0.1, -0.05) is 25.3 Å². The monoisotopic (exact) mass is 311 g/mol. The van der Waals surface area contributed by atoms with Crippen LogP contribution in [0.25, 0.3) is 0 Å². The van der Waals surface area contributed by atoms with Crippen LogP contribution >= 0.6 is 0 Å². The van der Waals surface area contributed by atoms with Gasteiger partial charge in [0.25, 0.3) is 0 Å². The van der Waals surface area contributed by atoms with Gasteiger partial charge in [-0.2, -0.15) is 4.31 Å². The van der Waals surface area contributed by atoms with Crippen LogP contribution in [0.1, 0.15) is 44.6 Å². The molecule has 1 aromatic carbocycles. The Morgan fingerprint density at radius 1 is 1.24 bits per heavy atom. The third kappa shape index (κ3) is 3.58. The second kappa shape index (κ2) is 6.79. The summed E-state index contributed by atoms with van der Waals surface area (Å²) in [5, 5.41) is 0. The summed E-state index contributed by atoms with van der Waals surface area (Å²) in [6.07, 6.45) is 5.32. The molecule has 0 bridgehead atoms. The van der Waals surface area contributed by atoms with Crippen molar-refractivity contribution in [2.45, 2.75) is 56.9 Å². The normalized spacial score (nSPS) is 17.1. The molecule has 0 unspecified atom stereocenters. The van der Waals surface area contributed by atoms with Crippen LogP contribution in [0.2, 0.25) is 0 Å². The molecule has 1 aromatic rings. The summed E-state index contributed by atoms with van der Waals surface area (Å²) in [5.74, 6) is 0.458. The smallest absolute Gasteiger partial charge is 0.246 e. The molecule has 0 saturated heterocycles. The van der Waals surface area contributed by atoms with Gasteiger partial charge in [0.05, 0.1) is 6.61 Å². The van der Waals surface area contributed by atoms with Crippen molar-refractivity contribution in [3.05, 3.63) is 23.8 Å². The molecule has 5 heteroatoms. The number of nitrogens with zero attached hydrogens (tertiary/aromatic N) is 1. The standard InChI is InChI=1S/C16H25NO3S/c1-4-20-15-12-13(2)10-11-16(15)21(18,19)17(3)14-8-6-5-7-9-14/h10-12,14H,4-9H2,1-3H3. The van der Waals surface area contributed by atoms with Crippen LogP contribution in [-0.4, -0.2) is 32.4 Å². The lowest BCUT2D eigenvalue weighted by Gasteiger charge is -2.30. The van der Waals surface area contributed by atoms with Gasteiger partial charge in [-0.25, -0.2) is 8.42 Å². The third-order valence-electron chi connectivity index (χ3n) is 4.15. The predicted molar refractivity (Wildman–Crippen MR) is 84.2 cm³/mol. The summed E-state index contributed by atoms with van der Waals surface area (Å²) in [4.78, 5) is 0.281. The number of sulfonamides is 1. The van der Waals surface area contributed by atoms with E-state index in [2.05, 4.69) is 0 Å². The van der Waals surface area contributed by atoms with E-state index in [0.717, 1.165) is 31.2 Å². The molecule has 0 radical (unpaired) electrons. The van der Waals surface area contributed by atoms with E-state index in [0.29, 0.717) is 12.4 Å². The summed E-state index contributed by atoms with van der Waals surface area (Å²) in [5.41, 5.74) is 0.998. The highest BCUT2D eigenvalue weighted by atomic mass is 32.2. The van der Waals surface area contributed by atoms with E-state index in [-0.39, 0.29) is 10.9 Å². The number of aryl methyl sites for hydroxylation is 1. The lowest BCUT2D eigenvalue weighted by Crippen LogP contribution is -2.38. The lowest BCUT2D eigenvalue weighted by molar-refractivity contribution is 0.283. The van der Waals surface area contributed by atoms with Crippen molar-refractivity contribution < 1.29 is 13.2 Å². The molecule has 21 heavy (non-hydrogen) atoms. The summed E-state index contributed by atoms with van der Waals surface area (Å²) in [7, 11) is -1.80. The second-order valence-corrected chi connectivity index (χ2v) is 7.66. The van der Waals surface area contributed by atoms with Crippen LogP contribution in [0, 0.1) is 6.92 Å². The SMILES string of the molecule is CCOc1cc(C)ccc1S(=O)(=O)N(C)C1CCCCC1. The maximum absolute atomic E-state index is 12.9. The molecule has 4 nitrogen and oxygen atoms in total. The van der Waals surface area contributed by atoms with Gasteiger partial charge in [0.1, 0.15) is 10.6 Å². The molecule has 2 rings (SSSR count). The Bertz CT molecular complexity index is 577. The van der Waals surface area contributed by atoms with E-state index in [1.165, 1.54) is 6.42 Å². The first-order valence-corrected chi connectivity index (χ1v) is 9.12. The Balaban J connectivity index is 2.34. The molecule has 0 aliphatic heterocycles. The number of hydrogen-bond donors (Lipinski definition) is 0. The Morgan fingerprint density at radius 2 is 1.90 bits per heavy atom. The molecule has 1 saturated carbocycles. The van der Waals surface area contributed by atoms with Crippen LogP contribution in [0.4, 0.5) is 0 Å². The van der Waals surface area contributed by atoms with Gasteiger partial charge in [0.15, 0.2) is 0 Å². The molecule has 0 aromatic heterocycles. The fraction of sp³-hybridized carbons (Fsp3) is 0.625. The molecule has 0 amide bonds. The molecule has 1 fully saturated rings. The predicted octanol–water partition coefficient (Wildman–Crippen LogP) is 3.35. The first-order valence-electron chi connectivity index (χ1n) is 7.68. The zero-order valence-electron chi connectivity index (χ0n) is 13.1. The van der Waals surface area contributed by atoms with Crippen molar-refractivity contribution in [1.82, 2.24) is 4.31 Å². The highest BCUT2D eigenvalue weighted by Gasteiger charge is 2.31. The van der Waals surface area contributed by atoms with Crippen molar-refractivity contribution >= 4 is 10.0 Å². The van der Waals surface area contributed by atoms with E-state index in [4.69, 9.17) is 4.74 Å². The van der Waals surface area contributed by atoms with Crippen LogP contribution in [0.15, 0.2) is 23.1 Å². The molecule has 118 valence electrons. The fourth-order valence-electron chi connectivity index (χ4n) is 2.89. The number of hydrogen-bond acceptors (Lipinski definition) is 3. The Labute approximate surface area is 128 Å². The van der Waals surface area contributed by atoms with Crippen LogP contribution in [-0.2, 0) is 10.0 Å². The average Bonchev–Trinajstić information content (AvgIpc) is 2.47.